The van der Waals surface area contributed by atoms with Gasteiger partial charge in [0.25, 0.3) is 5.91 Å². The minimum atomic E-state index is -0.146. The molecule has 1 aliphatic rings. The fraction of sp³-hybridized carbons (Fsp3) is 0.462. The average Bonchev–Trinajstić information content (AvgIpc) is 3.16. The van der Waals surface area contributed by atoms with E-state index >= 15 is 0 Å². The minimum Gasteiger partial charge on any atom is -0.376 e. The maximum Gasteiger partial charge on any atom is 0.270 e. The Morgan fingerprint density at radius 2 is 2.55 bits per heavy atom. The molecule has 7 heteroatoms. The molecule has 106 valence electrons. The molecule has 2 aromatic rings. The van der Waals surface area contributed by atoms with Crippen molar-refractivity contribution in [3.63, 3.8) is 0 Å². The molecule has 1 N–H and O–H groups in total. The van der Waals surface area contributed by atoms with Gasteiger partial charge in [0, 0.05) is 37.3 Å². The standard InChI is InChI=1S/C13H16N4O2S/c1-17-7-9(5-15-17)13-16-11(8-20-13)12(18)14-6-10-3-2-4-19-10/h5,7-8,10H,2-4,6H2,1H3,(H,14,18). The van der Waals surface area contributed by atoms with Gasteiger partial charge in [-0.2, -0.15) is 5.10 Å². The molecule has 3 heterocycles. The van der Waals surface area contributed by atoms with Crippen LogP contribution in [-0.2, 0) is 11.8 Å². The first-order valence-corrected chi connectivity index (χ1v) is 7.44. The van der Waals surface area contributed by atoms with E-state index in [0.717, 1.165) is 30.0 Å². The number of rotatable bonds is 4. The lowest BCUT2D eigenvalue weighted by molar-refractivity contribution is 0.0854. The summed E-state index contributed by atoms with van der Waals surface area (Å²) in [5.41, 5.74) is 1.38. The Bertz CT molecular complexity index is 601. The lowest BCUT2D eigenvalue weighted by Crippen LogP contribution is -2.31. The summed E-state index contributed by atoms with van der Waals surface area (Å²) in [6.07, 6.45) is 5.86. The van der Waals surface area contributed by atoms with Gasteiger partial charge >= 0.3 is 0 Å². The van der Waals surface area contributed by atoms with Crippen molar-refractivity contribution < 1.29 is 9.53 Å². The molecular formula is C13H16N4O2S. The number of aryl methyl sites for hydroxylation is 1. The van der Waals surface area contributed by atoms with Crippen LogP contribution in [0.25, 0.3) is 10.6 Å². The molecule has 1 fully saturated rings. The van der Waals surface area contributed by atoms with Crippen molar-refractivity contribution in [2.24, 2.45) is 7.05 Å². The van der Waals surface area contributed by atoms with Gasteiger partial charge in [-0.05, 0) is 12.8 Å². The summed E-state index contributed by atoms with van der Waals surface area (Å²) < 4.78 is 7.19. The molecule has 0 aliphatic carbocycles. The molecule has 0 aromatic carbocycles. The van der Waals surface area contributed by atoms with E-state index in [1.807, 2.05) is 13.2 Å². The Hall–Kier alpha value is -1.73. The van der Waals surface area contributed by atoms with Gasteiger partial charge in [-0.1, -0.05) is 0 Å². The molecule has 20 heavy (non-hydrogen) atoms. The molecule has 1 atom stereocenters. The van der Waals surface area contributed by atoms with Gasteiger partial charge in [0.1, 0.15) is 10.7 Å². The van der Waals surface area contributed by atoms with Crippen LogP contribution in [0.2, 0.25) is 0 Å². The smallest absolute Gasteiger partial charge is 0.270 e. The van der Waals surface area contributed by atoms with Crippen molar-refractivity contribution in [3.8, 4) is 10.6 Å². The highest BCUT2D eigenvalue weighted by Gasteiger charge is 2.18. The van der Waals surface area contributed by atoms with E-state index in [1.54, 1.807) is 16.3 Å². The SMILES string of the molecule is Cn1cc(-c2nc(C(=O)NCC3CCCO3)cs2)cn1. The van der Waals surface area contributed by atoms with E-state index < -0.39 is 0 Å². The molecule has 1 aliphatic heterocycles. The second-order valence-electron chi connectivity index (χ2n) is 4.79. The Morgan fingerprint density at radius 3 is 3.25 bits per heavy atom. The zero-order valence-corrected chi connectivity index (χ0v) is 12.0. The van der Waals surface area contributed by atoms with Gasteiger partial charge in [0.05, 0.1) is 12.3 Å². The predicted molar refractivity (Wildman–Crippen MR) is 75.6 cm³/mol. The first-order valence-electron chi connectivity index (χ1n) is 6.57. The third-order valence-corrected chi connectivity index (χ3v) is 4.09. The van der Waals surface area contributed by atoms with Crippen LogP contribution in [0.1, 0.15) is 23.3 Å². The number of amides is 1. The van der Waals surface area contributed by atoms with E-state index in [-0.39, 0.29) is 12.0 Å². The molecule has 0 bridgehead atoms. The van der Waals surface area contributed by atoms with Crippen molar-refractivity contribution >= 4 is 17.2 Å². The van der Waals surface area contributed by atoms with Gasteiger partial charge in [-0.25, -0.2) is 4.98 Å². The summed E-state index contributed by atoms with van der Waals surface area (Å²) >= 11 is 1.45. The second kappa shape index (κ2) is 5.72. The fourth-order valence-corrected chi connectivity index (χ4v) is 2.92. The summed E-state index contributed by atoms with van der Waals surface area (Å²) in [6.45, 7) is 1.35. The molecular weight excluding hydrogens is 276 g/mol. The van der Waals surface area contributed by atoms with E-state index in [1.165, 1.54) is 11.3 Å². The molecule has 0 radical (unpaired) electrons. The number of hydrogen-bond acceptors (Lipinski definition) is 5. The number of hydrogen-bond donors (Lipinski definition) is 1. The van der Waals surface area contributed by atoms with Crippen molar-refractivity contribution in [3.05, 3.63) is 23.5 Å². The second-order valence-corrected chi connectivity index (χ2v) is 5.64. The van der Waals surface area contributed by atoms with E-state index in [4.69, 9.17) is 4.74 Å². The van der Waals surface area contributed by atoms with Gasteiger partial charge in [0.2, 0.25) is 0 Å². The number of ether oxygens (including phenoxy) is 1. The Morgan fingerprint density at radius 1 is 1.65 bits per heavy atom. The molecule has 1 amide bonds. The highest BCUT2D eigenvalue weighted by Crippen LogP contribution is 2.22. The monoisotopic (exact) mass is 292 g/mol. The first-order chi connectivity index (χ1) is 9.72. The van der Waals surface area contributed by atoms with Crippen LogP contribution < -0.4 is 5.32 Å². The van der Waals surface area contributed by atoms with Crippen LogP contribution in [0.3, 0.4) is 0 Å². The Balaban J connectivity index is 1.62. The highest BCUT2D eigenvalue weighted by atomic mass is 32.1. The molecule has 1 unspecified atom stereocenters. The number of aromatic nitrogens is 3. The number of thiazole rings is 1. The lowest BCUT2D eigenvalue weighted by atomic mass is 10.2. The highest BCUT2D eigenvalue weighted by molar-refractivity contribution is 7.13. The molecule has 3 rings (SSSR count). The van der Waals surface area contributed by atoms with Gasteiger partial charge in [-0.15, -0.1) is 11.3 Å². The maximum atomic E-state index is 12.0. The summed E-state index contributed by atoms with van der Waals surface area (Å²) in [5.74, 6) is -0.146. The minimum absolute atomic E-state index is 0.146. The van der Waals surface area contributed by atoms with Crippen molar-refractivity contribution in [2.75, 3.05) is 13.2 Å². The third kappa shape index (κ3) is 2.88. The molecule has 2 aromatic heterocycles. The van der Waals surface area contributed by atoms with Crippen LogP contribution in [-0.4, -0.2) is 39.9 Å². The van der Waals surface area contributed by atoms with Crippen LogP contribution in [0, 0.1) is 0 Å². The topological polar surface area (TPSA) is 69.0 Å². The van der Waals surface area contributed by atoms with Crippen LogP contribution >= 0.6 is 11.3 Å². The number of carbonyl (C=O) groups is 1. The normalized spacial score (nSPS) is 18.4. The number of carbonyl (C=O) groups excluding carboxylic acids is 1. The molecule has 0 spiro atoms. The summed E-state index contributed by atoms with van der Waals surface area (Å²) in [7, 11) is 1.85. The van der Waals surface area contributed by atoms with Crippen molar-refractivity contribution in [1.29, 1.82) is 0 Å². The van der Waals surface area contributed by atoms with Crippen molar-refractivity contribution in [2.45, 2.75) is 18.9 Å². The summed E-state index contributed by atoms with van der Waals surface area (Å²) in [6, 6.07) is 0. The molecule has 1 saturated heterocycles. The molecule has 6 nitrogen and oxygen atoms in total. The maximum absolute atomic E-state index is 12.0. The fourth-order valence-electron chi connectivity index (χ4n) is 2.14. The van der Waals surface area contributed by atoms with E-state index in [9.17, 15) is 4.79 Å². The Labute approximate surface area is 120 Å². The van der Waals surface area contributed by atoms with Crippen LogP contribution in [0.4, 0.5) is 0 Å². The predicted octanol–water partition coefficient (Wildman–Crippen LogP) is 1.45. The van der Waals surface area contributed by atoms with Gasteiger partial charge < -0.3 is 10.1 Å². The van der Waals surface area contributed by atoms with Crippen LogP contribution in [0.5, 0.6) is 0 Å². The summed E-state index contributed by atoms with van der Waals surface area (Å²) in [5, 5.41) is 9.55. The Kier molecular flexibility index (Phi) is 3.79. The first kappa shape index (κ1) is 13.3. The molecule has 0 saturated carbocycles. The third-order valence-electron chi connectivity index (χ3n) is 3.20. The van der Waals surface area contributed by atoms with Gasteiger partial charge in [-0.3, -0.25) is 9.48 Å². The quantitative estimate of drug-likeness (QED) is 0.926. The number of nitrogens with one attached hydrogen (secondary N) is 1. The van der Waals surface area contributed by atoms with Gasteiger partial charge in [0.15, 0.2) is 0 Å². The zero-order chi connectivity index (χ0) is 13.9. The van der Waals surface area contributed by atoms with Crippen LogP contribution in [0.15, 0.2) is 17.8 Å². The van der Waals surface area contributed by atoms with Crippen molar-refractivity contribution in [1.82, 2.24) is 20.1 Å². The van der Waals surface area contributed by atoms with E-state index in [0.29, 0.717) is 12.2 Å². The average molecular weight is 292 g/mol. The zero-order valence-electron chi connectivity index (χ0n) is 11.2. The summed E-state index contributed by atoms with van der Waals surface area (Å²) in [4.78, 5) is 16.4. The lowest BCUT2D eigenvalue weighted by Gasteiger charge is -2.09. The largest absolute Gasteiger partial charge is 0.376 e. The number of nitrogens with zero attached hydrogens (tertiary/aromatic N) is 3. The van der Waals surface area contributed by atoms with E-state index in [2.05, 4.69) is 15.4 Å².